The molecule has 1 aliphatic rings. The fourth-order valence-electron chi connectivity index (χ4n) is 2.28. The van der Waals surface area contributed by atoms with Crippen molar-refractivity contribution in [3.05, 3.63) is 0 Å². The number of nitrogens with one attached hydrogen (secondary N) is 1. The van der Waals surface area contributed by atoms with Gasteiger partial charge in [0, 0.05) is 13.7 Å². The van der Waals surface area contributed by atoms with Crippen LogP contribution in [0.15, 0.2) is 0 Å². The number of rotatable bonds is 5. The predicted molar refractivity (Wildman–Crippen MR) is 71.6 cm³/mol. The van der Waals surface area contributed by atoms with Gasteiger partial charge in [-0.25, -0.2) is 5.48 Å². The second-order valence-electron chi connectivity index (χ2n) is 4.41. The molecule has 1 saturated heterocycles. The van der Waals surface area contributed by atoms with Gasteiger partial charge in [-0.05, 0) is 32.4 Å². The molecular weight excluding hydrogens is 232 g/mol. The molecule has 0 radical (unpaired) electrons. The first kappa shape index (κ1) is 17.4. The monoisotopic (exact) mass is 260 g/mol. The number of hydroxylamine groups is 1. The summed E-state index contributed by atoms with van der Waals surface area (Å²) < 4.78 is 5.03. The van der Waals surface area contributed by atoms with E-state index in [0.29, 0.717) is 0 Å². The molecule has 1 amide bonds. The minimum absolute atomic E-state index is 0.235. The molecule has 1 rings (SSSR count). The van der Waals surface area contributed by atoms with Gasteiger partial charge in [0.2, 0.25) is 5.91 Å². The first-order chi connectivity index (χ1) is 8.68. The SMILES string of the molecule is CC.CCC1(C(=O)NO)CCN(CCOC)CC1. The minimum atomic E-state index is -0.377. The Morgan fingerprint density at radius 3 is 2.33 bits per heavy atom. The van der Waals surface area contributed by atoms with Crippen LogP contribution < -0.4 is 5.48 Å². The third-order valence-corrected chi connectivity index (χ3v) is 3.68. The average Bonchev–Trinajstić information content (AvgIpc) is 2.47. The quantitative estimate of drug-likeness (QED) is 0.583. The molecule has 0 unspecified atom stereocenters. The number of hydrogen-bond donors (Lipinski definition) is 2. The maximum Gasteiger partial charge on any atom is 0.249 e. The average molecular weight is 260 g/mol. The standard InChI is InChI=1S/C11H22N2O3.C2H6/c1-3-11(10(14)12-15)4-6-13(7-5-11)8-9-16-2;1-2/h15H,3-9H2,1-2H3,(H,12,14);1-2H3. The highest BCUT2D eigenvalue weighted by Crippen LogP contribution is 2.34. The summed E-state index contributed by atoms with van der Waals surface area (Å²) in [5.74, 6) is -0.235. The Kier molecular flexibility index (Phi) is 8.97. The van der Waals surface area contributed by atoms with E-state index < -0.39 is 0 Å². The number of likely N-dealkylation sites (tertiary alicyclic amines) is 1. The zero-order valence-corrected chi connectivity index (χ0v) is 12.2. The van der Waals surface area contributed by atoms with Gasteiger partial charge < -0.3 is 9.64 Å². The number of piperidine rings is 1. The first-order valence-electron chi connectivity index (χ1n) is 6.84. The van der Waals surface area contributed by atoms with Crippen molar-refractivity contribution in [3.63, 3.8) is 0 Å². The van der Waals surface area contributed by atoms with E-state index in [1.165, 1.54) is 0 Å². The number of carbonyl (C=O) groups excluding carboxylic acids is 1. The van der Waals surface area contributed by atoms with Crippen LogP contribution in [0.1, 0.15) is 40.0 Å². The number of nitrogens with zero attached hydrogens (tertiary/aromatic N) is 1. The Bertz CT molecular complexity index is 226. The van der Waals surface area contributed by atoms with Gasteiger partial charge in [-0.3, -0.25) is 10.0 Å². The van der Waals surface area contributed by atoms with Crippen LogP contribution in [-0.4, -0.2) is 49.4 Å². The van der Waals surface area contributed by atoms with E-state index >= 15 is 0 Å². The molecule has 5 nitrogen and oxygen atoms in total. The summed E-state index contributed by atoms with van der Waals surface area (Å²) in [6.45, 7) is 9.43. The molecule has 0 aliphatic carbocycles. The van der Waals surface area contributed by atoms with Crippen LogP contribution in [0, 0.1) is 5.41 Å². The molecule has 2 N–H and O–H groups in total. The Morgan fingerprint density at radius 1 is 1.39 bits per heavy atom. The highest BCUT2D eigenvalue weighted by atomic mass is 16.5. The van der Waals surface area contributed by atoms with Crippen LogP contribution in [0.5, 0.6) is 0 Å². The lowest BCUT2D eigenvalue weighted by Gasteiger charge is -2.39. The van der Waals surface area contributed by atoms with Gasteiger partial charge in [0.25, 0.3) is 0 Å². The van der Waals surface area contributed by atoms with Crippen LogP contribution in [-0.2, 0) is 9.53 Å². The molecule has 1 aliphatic heterocycles. The van der Waals surface area contributed by atoms with Gasteiger partial charge in [-0.2, -0.15) is 0 Å². The second-order valence-corrected chi connectivity index (χ2v) is 4.41. The van der Waals surface area contributed by atoms with Crippen molar-refractivity contribution in [1.29, 1.82) is 0 Å². The molecule has 0 aromatic rings. The van der Waals surface area contributed by atoms with Crippen LogP contribution in [0.25, 0.3) is 0 Å². The summed E-state index contributed by atoms with van der Waals surface area (Å²) in [5, 5.41) is 8.76. The van der Waals surface area contributed by atoms with Crippen molar-refractivity contribution in [2.75, 3.05) is 33.4 Å². The number of ether oxygens (including phenoxy) is 1. The van der Waals surface area contributed by atoms with Gasteiger partial charge in [-0.1, -0.05) is 20.8 Å². The maximum atomic E-state index is 11.6. The normalized spacial score (nSPS) is 18.7. The van der Waals surface area contributed by atoms with Gasteiger partial charge in [0.1, 0.15) is 0 Å². The van der Waals surface area contributed by atoms with Crippen molar-refractivity contribution < 1.29 is 14.7 Å². The zero-order valence-electron chi connectivity index (χ0n) is 12.2. The second kappa shape index (κ2) is 9.30. The van der Waals surface area contributed by atoms with Crippen molar-refractivity contribution in [3.8, 4) is 0 Å². The number of amides is 1. The molecule has 5 heteroatoms. The molecule has 0 atom stereocenters. The number of methoxy groups -OCH3 is 1. The van der Waals surface area contributed by atoms with E-state index in [4.69, 9.17) is 9.94 Å². The van der Waals surface area contributed by atoms with Crippen molar-refractivity contribution in [2.45, 2.75) is 40.0 Å². The fourth-order valence-corrected chi connectivity index (χ4v) is 2.28. The summed E-state index contributed by atoms with van der Waals surface area (Å²) in [6, 6.07) is 0. The van der Waals surface area contributed by atoms with E-state index in [1.54, 1.807) is 12.6 Å². The van der Waals surface area contributed by atoms with Crippen LogP contribution >= 0.6 is 0 Å². The Balaban J connectivity index is 0.00000137. The minimum Gasteiger partial charge on any atom is -0.383 e. The molecule has 0 bridgehead atoms. The summed E-state index contributed by atoms with van der Waals surface area (Å²) in [4.78, 5) is 13.9. The van der Waals surface area contributed by atoms with E-state index in [9.17, 15) is 4.79 Å². The fraction of sp³-hybridized carbons (Fsp3) is 0.923. The first-order valence-corrected chi connectivity index (χ1v) is 6.84. The smallest absolute Gasteiger partial charge is 0.249 e. The van der Waals surface area contributed by atoms with E-state index in [2.05, 4.69) is 4.90 Å². The number of carbonyl (C=O) groups is 1. The van der Waals surface area contributed by atoms with Crippen molar-refractivity contribution in [2.24, 2.45) is 5.41 Å². The molecule has 0 saturated carbocycles. The molecule has 1 fully saturated rings. The summed E-state index contributed by atoms with van der Waals surface area (Å²) in [5.41, 5.74) is 1.43. The Morgan fingerprint density at radius 2 is 1.94 bits per heavy atom. The van der Waals surface area contributed by atoms with Crippen LogP contribution in [0.3, 0.4) is 0 Å². The van der Waals surface area contributed by atoms with Crippen molar-refractivity contribution in [1.82, 2.24) is 10.4 Å². The zero-order chi connectivity index (χ0) is 14.0. The Labute approximate surface area is 110 Å². The van der Waals surface area contributed by atoms with E-state index in [1.807, 2.05) is 20.8 Å². The summed E-state index contributed by atoms with van der Waals surface area (Å²) >= 11 is 0. The molecule has 18 heavy (non-hydrogen) atoms. The molecule has 0 aromatic heterocycles. The van der Waals surface area contributed by atoms with Gasteiger partial charge in [0.15, 0.2) is 0 Å². The molecule has 0 aromatic carbocycles. The molecular formula is C13H28N2O3. The third-order valence-electron chi connectivity index (χ3n) is 3.68. The van der Waals surface area contributed by atoms with Gasteiger partial charge in [-0.15, -0.1) is 0 Å². The molecule has 108 valence electrons. The predicted octanol–water partition coefficient (Wildman–Crippen LogP) is 1.66. The van der Waals surface area contributed by atoms with Gasteiger partial charge in [0.05, 0.1) is 12.0 Å². The van der Waals surface area contributed by atoms with E-state index in [-0.39, 0.29) is 11.3 Å². The van der Waals surface area contributed by atoms with Crippen molar-refractivity contribution >= 4 is 5.91 Å². The largest absolute Gasteiger partial charge is 0.383 e. The lowest BCUT2D eigenvalue weighted by molar-refractivity contribution is -0.143. The highest BCUT2D eigenvalue weighted by Gasteiger charge is 2.39. The van der Waals surface area contributed by atoms with Gasteiger partial charge >= 0.3 is 0 Å². The van der Waals surface area contributed by atoms with E-state index in [0.717, 1.165) is 45.5 Å². The maximum absolute atomic E-state index is 11.6. The topological polar surface area (TPSA) is 61.8 Å². The highest BCUT2D eigenvalue weighted by molar-refractivity contribution is 5.81. The third kappa shape index (κ3) is 4.55. The number of hydrogen-bond acceptors (Lipinski definition) is 4. The summed E-state index contributed by atoms with van der Waals surface area (Å²) in [6.07, 6.45) is 2.39. The molecule has 1 heterocycles. The van der Waals surface area contributed by atoms with Crippen LogP contribution in [0.2, 0.25) is 0 Å². The summed E-state index contributed by atoms with van der Waals surface area (Å²) in [7, 11) is 1.69. The molecule has 0 spiro atoms. The lowest BCUT2D eigenvalue weighted by Crippen LogP contribution is -2.48. The van der Waals surface area contributed by atoms with Crippen LogP contribution in [0.4, 0.5) is 0 Å². The Hall–Kier alpha value is -0.650. The lowest BCUT2D eigenvalue weighted by atomic mass is 9.75.